The number of aromatic nitrogens is 5. The van der Waals surface area contributed by atoms with E-state index in [2.05, 4.69) is 20.5 Å². The summed E-state index contributed by atoms with van der Waals surface area (Å²) in [6.45, 7) is 0. The molecule has 2 heterocycles. The van der Waals surface area contributed by atoms with Crippen LogP contribution in [0.3, 0.4) is 0 Å². The summed E-state index contributed by atoms with van der Waals surface area (Å²) in [7, 11) is 1.72. The maximum absolute atomic E-state index is 11.3. The zero-order chi connectivity index (χ0) is 10.1. The second kappa shape index (κ2) is 3.22. The van der Waals surface area contributed by atoms with Crippen LogP contribution < -0.4 is 5.56 Å². The lowest BCUT2D eigenvalue weighted by atomic mass is 10.2. The summed E-state index contributed by atoms with van der Waals surface area (Å²) in [6.07, 6.45) is 1.63. The van der Waals surface area contributed by atoms with Crippen LogP contribution in [0.4, 0.5) is 0 Å². The maximum Gasteiger partial charge on any atom is 0.273 e. The van der Waals surface area contributed by atoms with Gasteiger partial charge in [0.1, 0.15) is 10.8 Å². The molecule has 2 rings (SSSR count). The van der Waals surface area contributed by atoms with E-state index in [1.807, 2.05) is 0 Å². The van der Waals surface area contributed by atoms with E-state index >= 15 is 0 Å². The summed E-state index contributed by atoms with van der Waals surface area (Å²) < 4.78 is 1.50. The number of hydrogen-bond acceptors (Lipinski definition) is 4. The standard InChI is InChI=1S/C7H6ClN5O/c1-13-3-5(9-12-13)4-2-6(8)10-11-7(4)14/h2-3H,1H3,(H,11,14). The van der Waals surface area contributed by atoms with E-state index in [4.69, 9.17) is 11.6 Å². The van der Waals surface area contributed by atoms with Gasteiger partial charge in [-0.05, 0) is 6.07 Å². The number of H-pyrrole nitrogens is 1. The van der Waals surface area contributed by atoms with E-state index in [0.29, 0.717) is 11.3 Å². The van der Waals surface area contributed by atoms with E-state index in [0.717, 1.165) is 0 Å². The van der Waals surface area contributed by atoms with Gasteiger partial charge in [0.05, 0.1) is 11.8 Å². The highest BCUT2D eigenvalue weighted by Gasteiger charge is 2.08. The smallest absolute Gasteiger partial charge is 0.267 e. The average Bonchev–Trinajstić information content (AvgIpc) is 2.56. The van der Waals surface area contributed by atoms with Crippen molar-refractivity contribution in [1.82, 2.24) is 25.2 Å². The van der Waals surface area contributed by atoms with Crippen molar-refractivity contribution in [1.29, 1.82) is 0 Å². The van der Waals surface area contributed by atoms with Crippen LogP contribution in [0.15, 0.2) is 17.1 Å². The topological polar surface area (TPSA) is 76.5 Å². The molecule has 0 amide bonds. The van der Waals surface area contributed by atoms with Crippen LogP contribution in [0.2, 0.25) is 5.15 Å². The van der Waals surface area contributed by atoms with E-state index in [-0.39, 0.29) is 10.7 Å². The minimum atomic E-state index is -0.338. The van der Waals surface area contributed by atoms with Crippen molar-refractivity contribution in [3.05, 3.63) is 27.8 Å². The summed E-state index contributed by atoms with van der Waals surface area (Å²) >= 11 is 5.64. The van der Waals surface area contributed by atoms with Gasteiger partial charge in [0, 0.05) is 7.05 Å². The number of nitrogens with one attached hydrogen (secondary N) is 1. The van der Waals surface area contributed by atoms with Gasteiger partial charge < -0.3 is 0 Å². The summed E-state index contributed by atoms with van der Waals surface area (Å²) in [6, 6.07) is 1.45. The molecule has 0 atom stereocenters. The van der Waals surface area contributed by atoms with Gasteiger partial charge in [0.15, 0.2) is 0 Å². The molecule has 0 aliphatic rings. The highest BCUT2D eigenvalue weighted by molar-refractivity contribution is 6.29. The zero-order valence-corrected chi connectivity index (χ0v) is 7.99. The first-order valence-corrected chi connectivity index (χ1v) is 4.16. The molecule has 0 aliphatic heterocycles. The molecule has 0 aromatic carbocycles. The summed E-state index contributed by atoms with van der Waals surface area (Å²) in [5, 5.41) is 13.5. The van der Waals surface area contributed by atoms with Gasteiger partial charge in [-0.3, -0.25) is 9.48 Å². The number of rotatable bonds is 1. The Morgan fingerprint density at radius 3 is 3.00 bits per heavy atom. The number of halogens is 1. The molecule has 0 fully saturated rings. The van der Waals surface area contributed by atoms with Crippen molar-refractivity contribution in [2.45, 2.75) is 0 Å². The van der Waals surface area contributed by atoms with E-state index in [9.17, 15) is 4.79 Å². The molecule has 2 aromatic rings. The van der Waals surface area contributed by atoms with Crippen molar-refractivity contribution >= 4 is 11.6 Å². The molecular formula is C7H6ClN5O. The van der Waals surface area contributed by atoms with Crippen LogP contribution in [0, 0.1) is 0 Å². The molecule has 1 N–H and O–H groups in total. The van der Waals surface area contributed by atoms with E-state index in [1.165, 1.54) is 10.7 Å². The molecule has 72 valence electrons. The van der Waals surface area contributed by atoms with Crippen molar-refractivity contribution < 1.29 is 0 Å². The van der Waals surface area contributed by atoms with E-state index in [1.54, 1.807) is 13.2 Å². The Bertz CT molecular complexity index is 517. The largest absolute Gasteiger partial charge is 0.273 e. The Labute approximate surface area is 83.5 Å². The number of nitrogens with zero attached hydrogens (tertiary/aromatic N) is 4. The van der Waals surface area contributed by atoms with Gasteiger partial charge in [-0.25, -0.2) is 5.10 Å². The Morgan fingerprint density at radius 2 is 2.36 bits per heavy atom. The van der Waals surface area contributed by atoms with Crippen LogP contribution in [-0.2, 0) is 7.05 Å². The Hall–Kier alpha value is -1.69. The fourth-order valence-corrected chi connectivity index (χ4v) is 1.19. The van der Waals surface area contributed by atoms with Gasteiger partial charge in [-0.2, -0.15) is 5.10 Å². The van der Waals surface area contributed by atoms with Crippen LogP contribution in [0.5, 0.6) is 0 Å². The molecule has 0 saturated carbocycles. The molecule has 0 saturated heterocycles. The van der Waals surface area contributed by atoms with Crippen LogP contribution in [0.25, 0.3) is 11.3 Å². The average molecular weight is 212 g/mol. The molecule has 0 unspecified atom stereocenters. The third-order valence-corrected chi connectivity index (χ3v) is 1.84. The monoisotopic (exact) mass is 211 g/mol. The van der Waals surface area contributed by atoms with Gasteiger partial charge in [0.2, 0.25) is 0 Å². The zero-order valence-electron chi connectivity index (χ0n) is 7.23. The van der Waals surface area contributed by atoms with Gasteiger partial charge >= 0.3 is 0 Å². The second-order valence-corrected chi connectivity index (χ2v) is 3.10. The molecule has 14 heavy (non-hydrogen) atoms. The normalized spacial score (nSPS) is 10.4. The van der Waals surface area contributed by atoms with Crippen LogP contribution in [0.1, 0.15) is 0 Å². The summed E-state index contributed by atoms with van der Waals surface area (Å²) in [5.41, 5.74) is 0.492. The van der Waals surface area contributed by atoms with Gasteiger partial charge in [0.25, 0.3) is 5.56 Å². The first-order valence-electron chi connectivity index (χ1n) is 3.79. The van der Waals surface area contributed by atoms with Crippen LogP contribution in [-0.4, -0.2) is 25.2 Å². The fourth-order valence-electron chi connectivity index (χ4n) is 1.04. The summed E-state index contributed by atoms with van der Waals surface area (Å²) in [4.78, 5) is 11.3. The number of aromatic amines is 1. The predicted molar refractivity (Wildman–Crippen MR) is 49.9 cm³/mol. The second-order valence-electron chi connectivity index (χ2n) is 2.71. The lowest BCUT2D eigenvalue weighted by molar-refractivity contribution is 0.715. The quantitative estimate of drug-likeness (QED) is 0.732. The van der Waals surface area contributed by atoms with Crippen LogP contribution >= 0.6 is 11.6 Å². The molecule has 6 nitrogen and oxygen atoms in total. The molecule has 0 spiro atoms. The minimum Gasteiger partial charge on any atom is -0.267 e. The van der Waals surface area contributed by atoms with Crippen molar-refractivity contribution in [2.75, 3.05) is 0 Å². The Morgan fingerprint density at radius 1 is 1.57 bits per heavy atom. The van der Waals surface area contributed by atoms with Crippen molar-refractivity contribution in [3.8, 4) is 11.3 Å². The Kier molecular flexibility index (Phi) is 2.05. The van der Waals surface area contributed by atoms with Crippen molar-refractivity contribution in [2.24, 2.45) is 7.05 Å². The molecule has 7 heteroatoms. The highest BCUT2D eigenvalue weighted by atomic mass is 35.5. The Balaban J connectivity index is 2.61. The molecule has 0 radical (unpaired) electrons. The SMILES string of the molecule is Cn1cc(-c2cc(Cl)n[nH]c2=O)nn1. The third kappa shape index (κ3) is 1.51. The lowest BCUT2D eigenvalue weighted by Gasteiger charge is -1.93. The predicted octanol–water partition coefficient (Wildman–Crippen LogP) is 0.219. The molecule has 0 bridgehead atoms. The van der Waals surface area contributed by atoms with Crippen molar-refractivity contribution in [3.63, 3.8) is 0 Å². The number of hydrogen-bond donors (Lipinski definition) is 1. The first kappa shape index (κ1) is 8.89. The summed E-state index contributed by atoms with van der Waals surface area (Å²) in [5.74, 6) is 0. The maximum atomic E-state index is 11.3. The third-order valence-electron chi connectivity index (χ3n) is 1.65. The molecule has 2 aromatic heterocycles. The van der Waals surface area contributed by atoms with Gasteiger partial charge in [-0.1, -0.05) is 16.8 Å². The lowest BCUT2D eigenvalue weighted by Crippen LogP contribution is -2.10. The molecule has 0 aliphatic carbocycles. The van der Waals surface area contributed by atoms with Gasteiger partial charge in [-0.15, -0.1) is 5.10 Å². The minimum absolute atomic E-state index is 0.213. The van der Waals surface area contributed by atoms with E-state index < -0.39 is 0 Å². The fraction of sp³-hybridized carbons (Fsp3) is 0.143. The molecular weight excluding hydrogens is 206 g/mol. The highest BCUT2D eigenvalue weighted by Crippen LogP contribution is 2.12. The number of aryl methyl sites for hydroxylation is 1. The first-order chi connectivity index (χ1) is 6.66.